The molecule has 136 valence electrons. The Morgan fingerprint density at radius 1 is 1.19 bits per heavy atom. The first kappa shape index (κ1) is 17.3. The minimum atomic E-state index is 0.325. The van der Waals surface area contributed by atoms with Crippen LogP contribution in [0.3, 0.4) is 0 Å². The zero-order chi connectivity index (χ0) is 17.9. The minimum absolute atomic E-state index is 0.325. The fraction of sp³-hybridized carbons (Fsp3) is 0.409. The van der Waals surface area contributed by atoms with Crippen LogP contribution in [0.2, 0.25) is 0 Å². The zero-order valence-electron chi connectivity index (χ0n) is 15.7. The van der Waals surface area contributed by atoms with Gasteiger partial charge in [0.1, 0.15) is 0 Å². The van der Waals surface area contributed by atoms with E-state index in [0.717, 1.165) is 26.1 Å². The summed E-state index contributed by atoms with van der Waals surface area (Å²) in [6.45, 7) is 6.01. The van der Waals surface area contributed by atoms with Crippen LogP contribution in [0.5, 0.6) is 0 Å². The molecular formula is C22H27N3O. The third-order valence-electron chi connectivity index (χ3n) is 5.41. The summed E-state index contributed by atoms with van der Waals surface area (Å²) in [5, 5.41) is 5.56. The number of piperidine rings is 1. The summed E-state index contributed by atoms with van der Waals surface area (Å²) < 4.78 is 8.16. The lowest BCUT2D eigenvalue weighted by Gasteiger charge is -2.32. The van der Waals surface area contributed by atoms with Crippen molar-refractivity contribution in [2.75, 3.05) is 13.1 Å². The largest absolute Gasteiger partial charge is 0.372 e. The predicted molar refractivity (Wildman–Crippen MR) is 105 cm³/mol. The maximum atomic E-state index is 6.24. The molecule has 4 nitrogen and oxygen atoms in total. The van der Waals surface area contributed by atoms with Gasteiger partial charge in [-0.1, -0.05) is 30.3 Å². The fourth-order valence-electron chi connectivity index (χ4n) is 3.84. The van der Waals surface area contributed by atoms with E-state index in [0.29, 0.717) is 12.7 Å². The highest BCUT2D eigenvalue weighted by Crippen LogP contribution is 2.20. The lowest BCUT2D eigenvalue weighted by atomic mass is 10.1. The molecule has 1 aliphatic rings. The van der Waals surface area contributed by atoms with Crippen LogP contribution in [-0.2, 0) is 24.9 Å². The molecule has 1 fully saturated rings. The van der Waals surface area contributed by atoms with Crippen molar-refractivity contribution in [3.63, 3.8) is 0 Å². The van der Waals surface area contributed by atoms with Crippen molar-refractivity contribution in [1.29, 1.82) is 0 Å². The summed E-state index contributed by atoms with van der Waals surface area (Å²) >= 11 is 0. The van der Waals surface area contributed by atoms with Crippen LogP contribution >= 0.6 is 0 Å². The zero-order valence-corrected chi connectivity index (χ0v) is 15.7. The topological polar surface area (TPSA) is 30.3 Å². The number of aryl methyl sites for hydroxylation is 2. The molecule has 0 saturated carbocycles. The van der Waals surface area contributed by atoms with E-state index < -0.39 is 0 Å². The number of rotatable bonds is 5. The second-order valence-electron chi connectivity index (χ2n) is 7.40. The molecular weight excluding hydrogens is 322 g/mol. The number of hydrogen-bond acceptors (Lipinski definition) is 3. The first-order valence-corrected chi connectivity index (χ1v) is 9.48. The van der Waals surface area contributed by atoms with E-state index in [1.165, 1.54) is 34.0 Å². The highest BCUT2D eigenvalue weighted by atomic mass is 16.5. The molecule has 1 aliphatic heterocycles. The molecule has 1 aromatic heterocycles. The van der Waals surface area contributed by atoms with Crippen LogP contribution in [0.25, 0.3) is 10.9 Å². The second-order valence-corrected chi connectivity index (χ2v) is 7.40. The Morgan fingerprint density at radius 2 is 2.08 bits per heavy atom. The summed E-state index contributed by atoms with van der Waals surface area (Å²) in [7, 11) is 1.99. The molecule has 0 N–H and O–H groups in total. The Morgan fingerprint density at radius 3 is 2.96 bits per heavy atom. The van der Waals surface area contributed by atoms with Crippen molar-refractivity contribution in [3.8, 4) is 0 Å². The number of likely N-dealkylation sites (tertiary alicyclic amines) is 1. The van der Waals surface area contributed by atoms with E-state index in [1.54, 1.807) is 0 Å². The third-order valence-corrected chi connectivity index (χ3v) is 5.41. The summed E-state index contributed by atoms with van der Waals surface area (Å²) in [4.78, 5) is 2.52. The van der Waals surface area contributed by atoms with Gasteiger partial charge in [0, 0.05) is 25.5 Å². The van der Waals surface area contributed by atoms with Gasteiger partial charge in [0.2, 0.25) is 0 Å². The number of benzene rings is 2. The quantitative estimate of drug-likeness (QED) is 0.696. The standard InChI is InChI=1S/C22H27N3O/c1-17-6-3-4-7-19(17)16-26-21-8-5-11-25(15-21)14-18-9-10-22-20(12-18)13-23-24(22)2/h3-4,6-7,9-10,12-13,21H,5,8,11,14-16H2,1-2H3/t21-/m0/s1. The van der Waals surface area contributed by atoms with E-state index in [1.807, 2.05) is 17.9 Å². The molecule has 0 radical (unpaired) electrons. The maximum Gasteiger partial charge on any atom is 0.0723 e. The molecule has 3 aromatic rings. The molecule has 4 rings (SSSR count). The van der Waals surface area contributed by atoms with E-state index in [4.69, 9.17) is 4.74 Å². The first-order chi connectivity index (χ1) is 12.7. The molecule has 4 heteroatoms. The van der Waals surface area contributed by atoms with Gasteiger partial charge in [-0.05, 0) is 55.1 Å². The number of ether oxygens (including phenoxy) is 1. The van der Waals surface area contributed by atoms with Crippen molar-refractivity contribution in [2.24, 2.45) is 7.05 Å². The highest BCUT2D eigenvalue weighted by Gasteiger charge is 2.21. The smallest absolute Gasteiger partial charge is 0.0723 e. The fourth-order valence-corrected chi connectivity index (χ4v) is 3.84. The van der Waals surface area contributed by atoms with E-state index in [9.17, 15) is 0 Å². The Labute approximate surface area is 155 Å². The monoisotopic (exact) mass is 349 g/mol. The van der Waals surface area contributed by atoms with Crippen LogP contribution in [0.15, 0.2) is 48.7 Å². The van der Waals surface area contributed by atoms with Gasteiger partial charge < -0.3 is 4.74 Å². The molecule has 2 heterocycles. The minimum Gasteiger partial charge on any atom is -0.372 e. The average Bonchev–Trinajstić information content (AvgIpc) is 3.02. The van der Waals surface area contributed by atoms with Gasteiger partial charge >= 0.3 is 0 Å². The Kier molecular flexibility index (Phi) is 5.05. The average molecular weight is 349 g/mol. The third kappa shape index (κ3) is 3.81. The van der Waals surface area contributed by atoms with Crippen molar-refractivity contribution < 1.29 is 4.74 Å². The summed E-state index contributed by atoms with van der Waals surface area (Å²) in [5.41, 5.74) is 5.15. The van der Waals surface area contributed by atoms with Crippen LogP contribution in [-0.4, -0.2) is 33.9 Å². The van der Waals surface area contributed by atoms with E-state index >= 15 is 0 Å². The number of nitrogens with zero attached hydrogens (tertiary/aromatic N) is 3. The molecule has 0 bridgehead atoms. The predicted octanol–water partition coefficient (Wildman–Crippen LogP) is 4.06. The Hall–Kier alpha value is -2.17. The van der Waals surface area contributed by atoms with Crippen molar-refractivity contribution in [3.05, 3.63) is 65.4 Å². The van der Waals surface area contributed by atoms with Gasteiger partial charge in [0.15, 0.2) is 0 Å². The van der Waals surface area contributed by atoms with Crippen LogP contribution in [0.4, 0.5) is 0 Å². The number of hydrogen-bond donors (Lipinski definition) is 0. The highest BCUT2D eigenvalue weighted by molar-refractivity contribution is 5.79. The molecule has 1 saturated heterocycles. The van der Waals surface area contributed by atoms with Gasteiger partial charge in [0.25, 0.3) is 0 Å². The second kappa shape index (κ2) is 7.60. The van der Waals surface area contributed by atoms with E-state index in [2.05, 4.69) is 59.4 Å². The van der Waals surface area contributed by atoms with Crippen molar-refractivity contribution >= 4 is 10.9 Å². The summed E-state index contributed by atoms with van der Waals surface area (Å²) in [6, 6.07) is 15.2. The lowest BCUT2D eigenvalue weighted by Crippen LogP contribution is -2.39. The van der Waals surface area contributed by atoms with Crippen molar-refractivity contribution in [2.45, 2.75) is 39.0 Å². The molecule has 0 unspecified atom stereocenters. The summed E-state index contributed by atoms with van der Waals surface area (Å²) in [5.74, 6) is 0. The Balaban J connectivity index is 1.36. The van der Waals surface area contributed by atoms with Crippen LogP contribution < -0.4 is 0 Å². The molecule has 1 atom stereocenters. The van der Waals surface area contributed by atoms with Crippen molar-refractivity contribution in [1.82, 2.24) is 14.7 Å². The normalized spacial score (nSPS) is 18.5. The molecule has 0 aliphatic carbocycles. The Bertz CT molecular complexity index is 886. The van der Waals surface area contributed by atoms with Gasteiger partial charge in [0.05, 0.1) is 24.4 Å². The molecule has 0 spiro atoms. The van der Waals surface area contributed by atoms with Gasteiger partial charge in [-0.3, -0.25) is 9.58 Å². The van der Waals surface area contributed by atoms with Gasteiger partial charge in [-0.25, -0.2) is 0 Å². The van der Waals surface area contributed by atoms with E-state index in [-0.39, 0.29) is 0 Å². The first-order valence-electron chi connectivity index (χ1n) is 9.48. The van der Waals surface area contributed by atoms with Gasteiger partial charge in [-0.2, -0.15) is 5.10 Å². The van der Waals surface area contributed by atoms with Crippen LogP contribution in [0, 0.1) is 6.92 Å². The lowest BCUT2D eigenvalue weighted by molar-refractivity contribution is -0.0122. The maximum absolute atomic E-state index is 6.24. The molecule has 26 heavy (non-hydrogen) atoms. The van der Waals surface area contributed by atoms with Crippen LogP contribution in [0.1, 0.15) is 29.5 Å². The number of fused-ring (bicyclic) bond motifs is 1. The SMILES string of the molecule is Cc1ccccc1CO[C@H]1CCCN(Cc2ccc3c(cnn3C)c2)C1. The number of aromatic nitrogens is 2. The van der Waals surface area contributed by atoms with Gasteiger partial charge in [-0.15, -0.1) is 0 Å². The molecule has 0 amide bonds. The molecule has 2 aromatic carbocycles. The summed E-state index contributed by atoms with van der Waals surface area (Å²) in [6.07, 6.45) is 4.63.